The van der Waals surface area contributed by atoms with Crippen LogP contribution in [0.5, 0.6) is 5.75 Å². The minimum Gasteiger partial charge on any atom is -0.506 e. The van der Waals surface area contributed by atoms with Gasteiger partial charge in [-0.25, -0.2) is 0 Å². The highest BCUT2D eigenvalue weighted by Gasteiger charge is 2.43. The van der Waals surface area contributed by atoms with Gasteiger partial charge in [0.15, 0.2) is 0 Å². The monoisotopic (exact) mass is 617 g/mol. The first-order valence-corrected chi connectivity index (χ1v) is 13.9. The molecule has 37 heavy (non-hydrogen) atoms. The Morgan fingerprint density at radius 3 is 2.24 bits per heavy atom. The molecule has 0 heterocycles. The Kier molecular flexibility index (Phi) is 7.42. The van der Waals surface area contributed by atoms with Crippen LogP contribution in [0.3, 0.4) is 0 Å². The zero-order chi connectivity index (χ0) is 26.2. The predicted octanol–water partition coefficient (Wildman–Crippen LogP) is 8.20. The third kappa shape index (κ3) is 4.94. The Balaban J connectivity index is 1.85. The van der Waals surface area contributed by atoms with Crippen LogP contribution in [0.1, 0.15) is 29.0 Å². The van der Waals surface area contributed by atoms with Crippen molar-refractivity contribution in [1.29, 1.82) is 0 Å². The quantitative estimate of drug-likeness (QED) is 0.193. The van der Waals surface area contributed by atoms with Crippen molar-refractivity contribution in [2.24, 2.45) is 0 Å². The van der Waals surface area contributed by atoms with Gasteiger partial charge in [0.1, 0.15) is 11.4 Å². The second-order valence-corrected chi connectivity index (χ2v) is 11.6. The molecular weight excluding hydrogens is 590 g/mol. The first-order chi connectivity index (χ1) is 17.8. The number of rotatable bonds is 7. The zero-order valence-corrected chi connectivity index (χ0v) is 24.0. The summed E-state index contributed by atoms with van der Waals surface area (Å²) in [6.07, 6.45) is 0.473. The molecule has 0 unspecified atom stereocenters. The number of halogens is 2. The third-order valence-electron chi connectivity index (χ3n) is 7.16. The van der Waals surface area contributed by atoms with E-state index in [0.29, 0.717) is 23.0 Å². The van der Waals surface area contributed by atoms with Crippen molar-refractivity contribution >= 4 is 53.4 Å². The van der Waals surface area contributed by atoms with Crippen LogP contribution in [0.2, 0.25) is 0 Å². The van der Waals surface area contributed by atoms with Crippen molar-refractivity contribution in [3.8, 4) is 5.75 Å². The molecule has 0 fully saturated rings. The number of nitrogens with zero attached hydrogens (tertiary/aromatic N) is 1. The fraction of sp³-hybridized carbons (Fsp3) is 0.188. The van der Waals surface area contributed by atoms with E-state index in [1.165, 1.54) is 0 Å². The van der Waals surface area contributed by atoms with E-state index in [0.717, 1.165) is 37.1 Å². The molecule has 0 aliphatic heterocycles. The lowest BCUT2D eigenvalue weighted by atomic mass is 9.70. The van der Waals surface area contributed by atoms with Crippen LogP contribution in [0, 0.1) is 0 Å². The van der Waals surface area contributed by atoms with E-state index in [4.69, 9.17) is 0 Å². The lowest BCUT2D eigenvalue weighted by Gasteiger charge is -2.39. The molecule has 0 aliphatic rings. The van der Waals surface area contributed by atoms with Gasteiger partial charge in [-0.2, -0.15) is 0 Å². The van der Waals surface area contributed by atoms with E-state index >= 15 is 0 Å². The van der Waals surface area contributed by atoms with Gasteiger partial charge in [-0.1, -0.05) is 94.8 Å². The first kappa shape index (κ1) is 25.9. The number of aliphatic hydroxyl groups is 1. The van der Waals surface area contributed by atoms with Crippen molar-refractivity contribution in [3.63, 3.8) is 0 Å². The van der Waals surface area contributed by atoms with E-state index in [1.54, 1.807) is 0 Å². The van der Waals surface area contributed by atoms with Gasteiger partial charge in [-0.05, 0) is 87.3 Å². The van der Waals surface area contributed by atoms with E-state index in [-0.39, 0.29) is 5.75 Å². The predicted molar refractivity (Wildman–Crippen MR) is 160 cm³/mol. The summed E-state index contributed by atoms with van der Waals surface area (Å²) in [5.74, 6) is -0.383. The van der Waals surface area contributed by atoms with Crippen LogP contribution in [-0.2, 0) is 5.60 Å². The molecule has 5 rings (SSSR count). The van der Waals surface area contributed by atoms with Gasteiger partial charge < -0.3 is 15.1 Å². The molecule has 0 bridgehead atoms. The molecule has 0 aromatic heterocycles. The van der Waals surface area contributed by atoms with Crippen LogP contribution in [0.4, 0.5) is 0 Å². The largest absolute Gasteiger partial charge is 0.506 e. The lowest BCUT2D eigenvalue weighted by molar-refractivity contribution is 0.00531. The molecule has 2 atom stereocenters. The molecular formula is C32H29Br2NO2. The summed E-state index contributed by atoms with van der Waals surface area (Å²) < 4.78 is 1.58. The Morgan fingerprint density at radius 2 is 1.49 bits per heavy atom. The number of aromatic hydroxyl groups is 1. The summed E-state index contributed by atoms with van der Waals surface area (Å²) in [5.41, 5.74) is 1.15. The molecule has 0 spiro atoms. The average Bonchev–Trinajstić information content (AvgIpc) is 2.90. The van der Waals surface area contributed by atoms with Crippen molar-refractivity contribution in [2.45, 2.75) is 17.9 Å². The van der Waals surface area contributed by atoms with Gasteiger partial charge in [0.05, 0.1) is 4.47 Å². The Bertz CT molecular complexity index is 1560. The highest BCUT2D eigenvalue weighted by atomic mass is 79.9. The van der Waals surface area contributed by atoms with Crippen LogP contribution in [0.25, 0.3) is 21.5 Å². The number of benzene rings is 5. The molecule has 2 N–H and O–H groups in total. The average molecular weight is 619 g/mol. The molecule has 0 radical (unpaired) electrons. The number of hydrogen-bond acceptors (Lipinski definition) is 3. The fourth-order valence-electron chi connectivity index (χ4n) is 5.35. The first-order valence-electron chi connectivity index (χ1n) is 12.3. The fourth-order valence-corrected chi connectivity index (χ4v) is 6.32. The normalized spacial score (nSPS) is 14.2. The van der Waals surface area contributed by atoms with Gasteiger partial charge in [0.2, 0.25) is 0 Å². The van der Waals surface area contributed by atoms with Gasteiger partial charge in [-0.3, -0.25) is 0 Å². The standard InChI is InChI=1S/C32H29Br2NO2/c1-35(2)18-17-32(37,28-14-8-12-21-9-6-7-13-25(21)28)29(22-10-4-3-5-11-22)27-20-23-19-24(33)15-16-26(23)30(34)31(27)36/h3-16,19-20,29,36-37H,17-18H2,1-2H3/t29-,32+/m1/s1. The molecule has 5 heteroatoms. The van der Waals surface area contributed by atoms with Crippen LogP contribution in [-0.4, -0.2) is 35.8 Å². The summed E-state index contributed by atoms with van der Waals surface area (Å²) in [7, 11) is 4.03. The van der Waals surface area contributed by atoms with Gasteiger partial charge >= 0.3 is 0 Å². The molecule has 0 amide bonds. The summed E-state index contributed by atoms with van der Waals surface area (Å²) in [5, 5.41) is 28.6. The van der Waals surface area contributed by atoms with Gasteiger partial charge in [0.25, 0.3) is 0 Å². The van der Waals surface area contributed by atoms with Crippen molar-refractivity contribution in [2.75, 3.05) is 20.6 Å². The summed E-state index contributed by atoms with van der Waals surface area (Å²) >= 11 is 7.26. The highest BCUT2D eigenvalue weighted by Crippen LogP contribution is 2.51. The Hall–Kier alpha value is -2.70. The minimum absolute atomic E-state index is 0.146. The topological polar surface area (TPSA) is 43.7 Å². The molecule has 0 saturated carbocycles. The molecule has 0 saturated heterocycles. The second-order valence-electron chi connectivity index (χ2n) is 9.84. The van der Waals surface area contributed by atoms with Crippen LogP contribution >= 0.6 is 31.9 Å². The summed E-state index contributed by atoms with van der Waals surface area (Å²) in [6.45, 7) is 0.671. The van der Waals surface area contributed by atoms with Crippen LogP contribution < -0.4 is 0 Å². The van der Waals surface area contributed by atoms with Crippen molar-refractivity contribution in [1.82, 2.24) is 4.90 Å². The van der Waals surface area contributed by atoms with Gasteiger partial charge in [0, 0.05) is 22.5 Å². The Labute approximate surface area is 234 Å². The molecule has 0 aliphatic carbocycles. The van der Waals surface area contributed by atoms with E-state index in [1.807, 2.05) is 93.0 Å². The van der Waals surface area contributed by atoms with E-state index in [9.17, 15) is 10.2 Å². The van der Waals surface area contributed by atoms with E-state index in [2.05, 4.69) is 55.0 Å². The number of phenols is 1. The smallest absolute Gasteiger partial charge is 0.134 e. The molecule has 3 nitrogen and oxygen atoms in total. The maximum absolute atomic E-state index is 13.0. The molecule has 188 valence electrons. The minimum atomic E-state index is -1.32. The van der Waals surface area contributed by atoms with E-state index < -0.39 is 11.5 Å². The van der Waals surface area contributed by atoms with Gasteiger partial charge in [-0.15, -0.1) is 0 Å². The Morgan fingerprint density at radius 1 is 0.784 bits per heavy atom. The second kappa shape index (κ2) is 10.6. The SMILES string of the molecule is CN(C)CC[C@](O)(c1cccc2ccccc12)[C@H](c1ccccc1)c1cc2cc(Br)ccc2c(Br)c1O. The zero-order valence-electron chi connectivity index (χ0n) is 20.8. The highest BCUT2D eigenvalue weighted by molar-refractivity contribution is 9.11. The van der Waals surface area contributed by atoms with Crippen molar-refractivity contribution in [3.05, 3.63) is 123 Å². The molecule has 5 aromatic carbocycles. The maximum Gasteiger partial charge on any atom is 0.134 e. The summed E-state index contributed by atoms with van der Waals surface area (Å²) in [4.78, 5) is 2.09. The van der Waals surface area contributed by atoms with Crippen LogP contribution in [0.15, 0.2) is 106 Å². The number of fused-ring (bicyclic) bond motifs is 2. The van der Waals surface area contributed by atoms with Crippen molar-refractivity contribution < 1.29 is 10.2 Å². The lowest BCUT2D eigenvalue weighted by Crippen LogP contribution is -2.37. The third-order valence-corrected chi connectivity index (χ3v) is 8.46. The summed E-state index contributed by atoms with van der Waals surface area (Å²) in [6, 6.07) is 32.3. The number of phenolic OH excluding ortho intramolecular Hbond substituents is 1. The number of hydrogen-bond donors (Lipinski definition) is 2. The maximum atomic E-state index is 13.0. The molecule has 5 aromatic rings.